The molecule has 0 fully saturated rings. The maximum Gasteiger partial charge on any atom is 0.146 e. The van der Waals surface area contributed by atoms with Crippen molar-refractivity contribution in [2.24, 2.45) is 0 Å². The number of aromatic nitrogens is 3. The number of hydrogen-bond donors (Lipinski definition) is 1. The molecule has 0 unspecified atom stereocenters. The molecule has 1 N–H and O–H groups in total. The number of methoxy groups -OCH3 is 1. The Morgan fingerprint density at radius 1 is 1.35 bits per heavy atom. The SMILES string of the molecule is CCn1ncnc1CNc1ccccc1OC. The lowest BCUT2D eigenvalue weighted by atomic mass is 10.3. The van der Waals surface area contributed by atoms with Crippen LogP contribution < -0.4 is 10.1 Å². The molecule has 0 saturated carbocycles. The quantitative estimate of drug-likeness (QED) is 0.855. The third-order valence-electron chi connectivity index (χ3n) is 2.54. The second-order valence-electron chi connectivity index (χ2n) is 3.55. The van der Waals surface area contributed by atoms with Gasteiger partial charge in [-0.2, -0.15) is 5.10 Å². The number of benzene rings is 1. The summed E-state index contributed by atoms with van der Waals surface area (Å²) < 4.78 is 7.13. The molecular formula is C12H16N4O. The molecule has 1 aromatic carbocycles. The Labute approximate surface area is 100 Å². The van der Waals surface area contributed by atoms with E-state index in [1.165, 1.54) is 0 Å². The van der Waals surface area contributed by atoms with Gasteiger partial charge in [0.2, 0.25) is 0 Å². The number of aryl methyl sites for hydroxylation is 1. The summed E-state index contributed by atoms with van der Waals surface area (Å²) in [5.41, 5.74) is 0.959. The fourth-order valence-electron chi connectivity index (χ4n) is 1.65. The van der Waals surface area contributed by atoms with E-state index in [4.69, 9.17) is 4.74 Å². The lowest BCUT2D eigenvalue weighted by molar-refractivity contribution is 0.416. The van der Waals surface area contributed by atoms with Crippen LogP contribution in [0.2, 0.25) is 0 Å². The van der Waals surface area contributed by atoms with E-state index < -0.39 is 0 Å². The zero-order valence-electron chi connectivity index (χ0n) is 10.1. The van der Waals surface area contributed by atoms with Crippen LogP contribution in [0.25, 0.3) is 0 Å². The Hall–Kier alpha value is -2.04. The van der Waals surface area contributed by atoms with E-state index in [0.29, 0.717) is 6.54 Å². The van der Waals surface area contributed by atoms with Crippen molar-refractivity contribution >= 4 is 5.69 Å². The smallest absolute Gasteiger partial charge is 0.146 e. The Morgan fingerprint density at radius 2 is 2.18 bits per heavy atom. The summed E-state index contributed by atoms with van der Waals surface area (Å²) in [7, 11) is 1.66. The highest BCUT2D eigenvalue weighted by Gasteiger charge is 2.04. The van der Waals surface area contributed by atoms with E-state index in [1.54, 1.807) is 13.4 Å². The Balaban J connectivity index is 2.07. The Bertz CT molecular complexity index is 481. The molecule has 90 valence electrons. The number of nitrogens with one attached hydrogen (secondary N) is 1. The van der Waals surface area contributed by atoms with Gasteiger partial charge in [0.05, 0.1) is 19.3 Å². The van der Waals surface area contributed by atoms with E-state index in [9.17, 15) is 0 Å². The molecule has 0 atom stereocenters. The molecule has 0 aliphatic carbocycles. The molecule has 1 heterocycles. The van der Waals surface area contributed by atoms with Crippen molar-refractivity contribution in [3.8, 4) is 5.75 Å². The van der Waals surface area contributed by atoms with Crippen molar-refractivity contribution in [1.82, 2.24) is 14.8 Å². The molecule has 0 spiro atoms. The third kappa shape index (κ3) is 2.55. The molecule has 0 radical (unpaired) electrons. The van der Waals surface area contributed by atoms with Crippen molar-refractivity contribution in [2.45, 2.75) is 20.0 Å². The van der Waals surface area contributed by atoms with Gasteiger partial charge in [-0.1, -0.05) is 12.1 Å². The number of para-hydroxylation sites is 2. The molecule has 0 bridgehead atoms. The maximum atomic E-state index is 5.27. The summed E-state index contributed by atoms with van der Waals surface area (Å²) in [4.78, 5) is 4.21. The number of anilines is 1. The fraction of sp³-hybridized carbons (Fsp3) is 0.333. The van der Waals surface area contributed by atoms with Crippen LogP contribution in [0.15, 0.2) is 30.6 Å². The predicted octanol–water partition coefficient (Wildman–Crippen LogP) is 1.92. The van der Waals surface area contributed by atoms with Crippen molar-refractivity contribution in [3.05, 3.63) is 36.4 Å². The Kier molecular flexibility index (Phi) is 3.59. The summed E-state index contributed by atoms with van der Waals surface area (Å²) in [5, 5.41) is 7.42. The van der Waals surface area contributed by atoms with Gasteiger partial charge in [0.15, 0.2) is 0 Å². The lowest BCUT2D eigenvalue weighted by Crippen LogP contribution is -2.09. The molecule has 5 heteroatoms. The molecule has 2 aromatic rings. The number of nitrogens with zero attached hydrogens (tertiary/aromatic N) is 3. The van der Waals surface area contributed by atoms with Gasteiger partial charge in [-0.25, -0.2) is 9.67 Å². The average molecular weight is 232 g/mol. The van der Waals surface area contributed by atoms with Crippen molar-refractivity contribution in [3.63, 3.8) is 0 Å². The molecule has 0 aliphatic heterocycles. The summed E-state index contributed by atoms with van der Waals surface area (Å²) in [6, 6.07) is 7.81. The second-order valence-corrected chi connectivity index (χ2v) is 3.55. The highest BCUT2D eigenvalue weighted by Crippen LogP contribution is 2.23. The first-order valence-corrected chi connectivity index (χ1v) is 5.58. The Morgan fingerprint density at radius 3 is 2.94 bits per heavy atom. The van der Waals surface area contributed by atoms with Crippen LogP contribution in [-0.4, -0.2) is 21.9 Å². The van der Waals surface area contributed by atoms with Crippen molar-refractivity contribution < 1.29 is 4.74 Å². The van der Waals surface area contributed by atoms with Crippen molar-refractivity contribution in [1.29, 1.82) is 0 Å². The monoisotopic (exact) mass is 232 g/mol. The fourth-order valence-corrected chi connectivity index (χ4v) is 1.65. The summed E-state index contributed by atoms with van der Waals surface area (Å²) >= 11 is 0. The van der Waals surface area contributed by atoms with E-state index in [2.05, 4.69) is 15.4 Å². The largest absolute Gasteiger partial charge is 0.495 e. The first-order valence-electron chi connectivity index (χ1n) is 5.58. The van der Waals surface area contributed by atoms with Gasteiger partial charge in [-0.3, -0.25) is 0 Å². The second kappa shape index (κ2) is 5.34. The van der Waals surface area contributed by atoms with E-state index in [1.807, 2.05) is 35.9 Å². The molecule has 2 rings (SSSR count). The zero-order valence-corrected chi connectivity index (χ0v) is 10.1. The number of ether oxygens (including phenoxy) is 1. The lowest BCUT2D eigenvalue weighted by Gasteiger charge is -2.10. The summed E-state index contributed by atoms with van der Waals surface area (Å²) in [5.74, 6) is 1.74. The van der Waals surface area contributed by atoms with E-state index >= 15 is 0 Å². The first-order chi connectivity index (χ1) is 8.35. The highest BCUT2D eigenvalue weighted by atomic mass is 16.5. The summed E-state index contributed by atoms with van der Waals surface area (Å²) in [6.07, 6.45) is 1.57. The topological polar surface area (TPSA) is 52.0 Å². The van der Waals surface area contributed by atoms with Gasteiger partial charge in [0, 0.05) is 6.54 Å². The minimum atomic E-state index is 0.633. The predicted molar refractivity (Wildman–Crippen MR) is 66.0 cm³/mol. The molecule has 0 aliphatic rings. The van der Waals surface area contributed by atoms with Gasteiger partial charge in [0.1, 0.15) is 17.9 Å². The molecule has 17 heavy (non-hydrogen) atoms. The standard InChI is InChI=1S/C12H16N4O/c1-3-16-12(14-9-15-16)8-13-10-6-4-5-7-11(10)17-2/h4-7,9,13H,3,8H2,1-2H3. The third-order valence-corrected chi connectivity index (χ3v) is 2.54. The van der Waals surface area contributed by atoms with Gasteiger partial charge in [-0.05, 0) is 19.1 Å². The number of rotatable bonds is 5. The molecule has 1 aromatic heterocycles. The maximum absolute atomic E-state index is 5.27. The van der Waals surface area contributed by atoms with Crippen LogP contribution in [0.3, 0.4) is 0 Å². The number of hydrogen-bond acceptors (Lipinski definition) is 4. The van der Waals surface area contributed by atoms with Gasteiger partial charge < -0.3 is 10.1 Å². The summed E-state index contributed by atoms with van der Waals surface area (Å²) in [6.45, 7) is 3.50. The van der Waals surface area contributed by atoms with Gasteiger partial charge >= 0.3 is 0 Å². The molecule has 0 amide bonds. The van der Waals surface area contributed by atoms with Crippen LogP contribution in [0.4, 0.5) is 5.69 Å². The minimum Gasteiger partial charge on any atom is -0.495 e. The highest BCUT2D eigenvalue weighted by molar-refractivity contribution is 5.55. The van der Waals surface area contributed by atoms with Crippen molar-refractivity contribution in [2.75, 3.05) is 12.4 Å². The molecular weight excluding hydrogens is 216 g/mol. The van der Waals surface area contributed by atoms with E-state index in [0.717, 1.165) is 23.8 Å². The van der Waals surface area contributed by atoms with Crippen LogP contribution in [0.5, 0.6) is 5.75 Å². The average Bonchev–Trinajstić information content (AvgIpc) is 2.84. The first kappa shape index (κ1) is 11.4. The minimum absolute atomic E-state index is 0.633. The molecule has 0 saturated heterocycles. The van der Waals surface area contributed by atoms with E-state index in [-0.39, 0.29) is 0 Å². The van der Waals surface area contributed by atoms with Crippen LogP contribution in [0, 0.1) is 0 Å². The molecule has 5 nitrogen and oxygen atoms in total. The zero-order chi connectivity index (χ0) is 12.1. The van der Waals surface area contributed by atoms with Gasteiger partial charge in [0.25, 0.3) is 0 Å². The van der Waals surface area contributed by atoms with Gasteiger partial charge in [-0.15, -0.1) is 0 Å². The van der Waals surface area contributed by atoms with Crippen LogP contribution in [0.1, 0.15) is 12.7 Å². The van der Waals surface area contributed by atoms with Crippen LogP contribution in [-0.2, 0) is 13.1 Å². The normalized spacial score (nSPS) is 10.2. The van der Waals surface area contributed by atoms with Crippen LogP contribution >= 0.6 is 0 Å².